The number of carboxylic acids is 4. The summed E-state index contributed by atoms with van der Waals surface area (Å²) in [6.07, 6.45) is 0. The summed E-state index contributed by atoms with van der Waals surface area (Å²) in [7, 11) is 0. The topological polar surface area (TPSA) is 162 Å². The SMILES string of the molecule is O=C(O)CN1CCN(CC(=O)O)CCN(CC(=O)O)CCN(CC(=O)O)CC1.[89Zr+4]. The van der Waals surface area contributed by atoms with E-state index in [2.05, 4.69) is 0 Å². The van der Waals surface area contributed by atoms with Crippen LogP contribution in [-0.4, -0.2) is 142 Å². The van der Waals surface area contributed by atoms with Gasteiger partial charge in [0.05, 0.1) is 26.2 Å². The average molecular weight is 493 g/mol. The van der Waals surface area contributed by atoms with Gasteiger partial charge in [0, 0.05) is 52.4 Å². The Morgan fingerprint density at radius 3 is 0.690 bits per heavy atom. The molecule has 13 heteroatoms. The molecule has 1 saturated heterocycles. The molecule has 0 bridgehead atoms. The molecule has 0 amide bonds. The molecule has 1 aliphatic rings. The summed E-state index contributed by atoms with van der Waals surface area (Å²) in [6.45, 7) is 1.52. The quantitative estimate of drug-likeness (QED) is 0.283. The minimum Gasteiger partial charge on any atom is -0.480 e. The van der Waals surface area contributed by atoms with Gasteiger partial charge in [0.2, 0.25) is 0 Å². The van der Waals surface area contributed by atoms with E-state index in [1.165, 1.54) is 0 Å². The molecule has 1 rings (SSSR count). The van der Waals surface area contributed by atoms with Crippen molar-refractivity contribution in [2.45, 2.75) is 0 Å². The summed E-state index contributed by atoms with van der Waals surface area (Å²) in [4.78, 5) is 50.9. The smallest absolute Gasteiger partial charge is 0.480 e. The van der Waals surface area contributed by atoms with E-state index < -0.39 is 23.9 Å². The monoisotopic (exact) mass is 493 g/mol. The fourth-order valence-electron chi connectivity index (χ4n) is 2.98. The summed E-state index contributed by atoms with van der Waals surface area (Å²) >= 11 is 0. The van der Waals surface area contributed by atoms with Gasteiger partial charge in [0.15, 0.2) is 0 Å². The molecule has 0 aromatic carbocycles. The normalized spacial score (nSPS) is 18.8. The number of nitrogens with zero attached hydrogens (tertiary/aromatic N) is 4. The second kappa shape index (κ2) is 14.6. The first-order valence-corrected chi connectivity index (χ1v) is 8.92. The Morgan fingerprint density at radius 1 is 0.448 bits per heavy atom. The first kappa shape index (κ1) is 27.6. The molecule has 1 heterocycles. The van der Waals surface area contributed by atoms with Crippen molar-refractivity contribution in [3.05, 3.63) is 0 Å². The minimum absolute atomic E-state index is 0. The van der Waals surface area contributed by atoms with Crippen molar-refractivity contribution in [3.63, 3.8) is 0 Å². The Balaban J connectivity index is 0.00000784. The Kier molecular flexibility index (Phi) is 13.9. The third kappa shape index (κ3) is 13.4. The zero-order valence-electron chi connectivity index (χ0n) is 16.2. The molecule has 0 aliphatic carbocycles. The predicted octanol–water partition coefficient (Wildman–Crippen LogP) is -2.46. The fourth-order valence-corrected chi connectivity index (χ4v) is 2.98. The molecule has 0 unspecified atom stereocenters. The van der Waals surface area contributed by atoms with E-state index in [9.17, 15) is 19.2 Å². The maximum absolute atomic E-state index is 11.1. The van der Waals surface area contributed by atoms with Crippen LogP contribution in [0.1, 0.15) is 0 Å². The van der Waals surface area contributed by atoms with E-state index in [1.807, 2.05) is 0 Å². The Morgan fingerprint density at radius 2 is 0.586 bits per heavy atom. The Labute approximate surface area is 187 Å². The van der Waals surface area contributed by atoms with Crippen LogP contribution < -0.4 is 0 Å². The first-order valence-electron chi connectivity index (χ1n) is 8.92. The molecule has 160 valence electrons. The summed E-state index contributed by atoms with van der Waals surface area (Å²) in [5.74, 6) is -4.08. The van der Waals surface area contributed by atoms with Crippen molar-refractivity contribution in [2.24, 2.45) is 0 Å². The summed E-state index contributed by atoms with van der Waals surface area (Å²) in [6, 6.07) is 0. The van der Waals surface area contributed by atoms with Gasteiger partial charge in [-0.25, -0.2) is 0 Å². The van der Waals surface area contributed by atoms with E-state index >= 15 is 0 Å². The predicted molar refractivity (Wildman–Crippen MR) is 96.3 cm³/mol. The summed E-state index contributed by atoms with van der Waals surface area (Å²) < 4.78 is 0. The maximum atomic E-state index is 11.1. The minimum atomic E-state index is -1.02. The van der Waals surface area contributed by atoms with Gasteiger partial charge in [-0.1, -0.05) is 0 Å². The molecule has 0 radical (unpaired) electrons. The molecule has 0 aromatic heterocycles. The van der Waals surface area contributed by atoms with Crippen LogP contribution in [0.25, 0.3) is 0 Å². The van der Waals surface area contributed by atoms with Crippen molar-refractivity contribution < 1.29 is 65.8 Å². The number of hydrogen-bond donors (Lipinski definition) is 4. The van der Waals surface area contributed by atoms with Gasteiger partial charge in [-0.3, -0.25) is 38.8 Å². The van der Waals surface area contributed by atoms with Gasteiger partial charge in [-0.2, -0.15) is 0 Å². The standard InChI is InChI=1S/C16H28N4O8.Zr/c21-13(22)9-17-1-2-18(10-14(23)24)5-6-20(12-16(27)28)8-7-19(4-3-17)11-15(25)26;/h1-12H2,(H,21,22)(H,23,24)(H,25,26)(H,27,28);/q;+4/i;1-2. The van der Waals surface area contributed by atoms with Gasteiger partial charge in [0.25, 0.3) is 0 Å². The van der Waals surface area contributed by atoms with Gasteiger partial charge < -0.3 is 20.4 Å². The molecule has 12 nitrogen and oxygen atoms in total. The molecule has 1 fully saturated rings. The van der Waals surface area contributed by atoms with Crippen LogP contribution in [0.2, 0.25) is 0 Å². The zero-order valence-corrected chi connectivity index (χ0v) is 18.7. The number of carbonyl (C=O) groups is 4. The van der Waals surface area contributed by atoms with Crippen LogP contribution in [0.3, 0.4) is 0 Å². The molecule has 29 heavy (non-hydrogen) atoms. The second-order valence-corrected chi connectivity index (χ2v) is 6.68. The molecular formula is C16H28N4O8Zr+4. The summed E-state index contributed by atoms with van der Waals surface area (Å²) in [5, 5.41) is 36.3. The van der Waals surface area contributed by atoms with Gasteiger partial charge in [-0.05, 0) is 0 Å². The Bertz CT molecular complexity index is 453. The van der Waals surface area contributed by atoms with Crippen molar-refractivity contribution in [1.29, 1.82) is 0 Å². The molecule has 0 spiro atoms. The number of hydrogen-bond acceptors (Lipinski definition) is 8. The van der Waals surface area contributed by atoms with Crippen molar-refractivity contribution >= 4 is 23.9 Å². The number of carboxylic acid groups (broad SMARTS) is 4. The van der Waals surface area contributed by atoms with Crippen LogP contribution >= 0.6 is 0 Å². The molecule has 0 atom stereocenters. The zero-order chi connectivity index (χ0) is 21.1. The third-order valence-corrected chi connectivity index (χ3v) is 4.37. The largest absolute Gasteiger partial charge is 4.00 e. The third-order valence-electron chi connectivity index (χ3n) is 4.37. The summed E-state index contributed by atoms with van der Waals surface area (Å²) in [5.41, 5.74) is 0. The molecule has 0 aromatic rings. The van der Waals surface area contributed by atoms with Crippen molar-refractivity contribution in [3.8, 4) is 0 Å². The second-order valence-electron chi connectivity index (χ2n) is 6.68. The van der Waals surface area contributed by atoms with Crippen LogP contribution in [-0.2, 0) is 45.4 Å². The molecule has 1 aliphatic heterocycles. The van der Waals surface area contributed by atoms with E-state index in [1.54, 1.807) is 19.6 Å². The van der Waals surface area contributed by atoms with E-state index in [4.69, 9.17) is 20.4 Å². The number of aliphatic carboxylic acids is 4. The van der Waals surface area contributed by atoms with Crippen LogP contribution in [0.15, 0.2) is 0 Å². The van der Waals surface area contributed by atoms with Crippen LogP contribution in [0.5, 0.6) is 0 Å². The van der Waals surface area contributed by atoms with Gasteiger partial charge >= 0.3 is 50.1 Å². The van der Waals surface area contributed by atoms with Crippen LogP contribution in [0.4, 0.5) is 0 Å². The van der Waals surface area contributed by atoms with Gasteiger partial charge in [0.1, 0.15) is 0 Å². The number of rotatable bonds is 8. The van der Waals surface area contributed by atoms with E-state index in [0.29, 0.717) is 52.4 Å². The molecular weight excluding hydrogens is 465 g/mol. The fraction of sp³-hybridized carbons (Fsp3) is 0.750. The van der Waals surface area contributed by atoms with Crippen LogP contribution in [0, 0.1) is 0 Å². The van der Waals surface area contributed by atoms with Crippen molar-refractivity contribution in [2.75, 3.05) is 78.5 Å². The maximum Gasteiger partial charge on any atom is 4.00 e. The van der Waals surface area contributed by atoms with Gasteiger partial charge in [-0.15, -0.1) is 0 Å². The first-order chi connectivity index (χ1) is 13.2. The molecule has 4 N–H and O–H groups in total. The molecule has 0 saturated carbocycles. The average Bonchev–Trinajstić information content (AvgIpc) is 2.55. The van der Waals surface area contributed by atoms with Crippen molar-refractivity contribution in [1.82, 2.24) is 19.6 Å². The Hall–Kier alpha value is -1.40. The van der Waals surface area contributed by atoms with E-state index in [-0.39, 0.29) is 52.4 Å². The van der Waals surface area contributed by atoms with E-state index in [0.717, 1.165) is 0 Å².